The molecule has 4 heterocycles. The van der Waals surface area contributed by atoms with Crippen LogP contribution in [0.4, 0.5) is 11.6 Å². The van der Waals surface area contributed by atoms with Gasteiger partial charge in [-0.1, -0.05) is 6.07 Å². The summed E-state index contributed by atoms with van der Waals surface area (Å²) in [6, 6.07) is 6.07. The molecule has 2 fully saturated rings. The number of hydrogen-bond acceptors (Lipinski definition) is 7. The quantitative estimate of drug-likeness (QED) is 0.718. The van der Waals surface area contributed by atoms with Gasteiger partial charge in [0.2, 0.25) is 0 Å². The van der Waals surface area contributed by atoms with E-state index in [1.54, 1.807) is 0 Å². The van der Waals surface area contributed by atoms with E-state index in [0.717, 1.165) is 86.4 Å². The number of likely N-dealkylation sites (N-methyl/N-ethyl adjacent to an activating group) is 1. The molecule has 3 aliphatic heterocycles. The van der Waals surface area contributed by atoms with Gasteiger partial charge in [0.05, 0.1) is 12.0 Å². The van der Waals surface area contributed by atoms with Gasteiger partial charge in [0.1, 0.15) is 28.8 Å². The van der Waals surface area contributed by atoms with Crippen LogP contribution in [-0.4, -0.2) is 72.6 Å². The molecular weight excluding hydrogens is 402 g/mol. The van der Waals surface area contributed by atoms with E-state index in [0.29, 0.717) is 6.42 Å². The molecule has 2 saturated heterocycles. The van der Waals surface area contributed by atoms with Gasteiger partial charge in [-0.25, -0.2) is 9.97 Å². The van der Waals surface area contributed by atoms with E-state index in [1.165, 1.54) is 5.56 Å². The first-order valence-corrected chi connectivity index (χ1v) is 11.7. The van der Waals surface area contributed by atoms with Crippen LogP contribution < -0.4 is 14.5 Å². The third-order valence-electron chi connectivity index (χ3n) is 7.42. The number of anilines is 2. The lowest BCUT2D eigenvalue weighted by molar-refractivity contribution is 0.0225. The standard InChI is InChI=1S/C25H33N5O2/c1-17-5-6-20-21(31)16-25(32-24(20)18(17)2)7-9-29(10-8-25)22-15-23(27-19(3)26-22)30-13-11-28(4)12-14-30/h5-6,15H,7-14,16H2,1-4H3. The van der Waals surface area contributed by atoms with Crippen molar-refractivity contribution in [2.45, 2.75) is 45.6 Å². The highest BCUT2D eigenvalue weighted by Crippen LogP contribution is 2.42. The number of ether oxygens (including phenoxy) is 1. The molecule has 170 valence electrons. The lowest BCUT2D eigenvalue weighted by Gasteiger charge is -2.45. The van der Waals surface area contributed by atoms with E-state index in [2.05, 4.69) is 41.7 Å². The summed E-state index contributed by atoms with van der Waals surface area (Å²) in [7, 11) is 2.16. The second kappa shape index (κ2) is 8.03. The van der Waals surface area contributed by atoms with E-state index in [9.17, 15) is 4.79 Å². The van der Waals surface area contributed by atoms with Gasteiger partial charge in [0.15, 0.2) is 5.78 Å². The highest BCUT2D eigenvalue weighted by atomic mass is 16.5. The highest BCUT2D eigenvalue weighted by molar-refractivity contribution is 6.01. The molecule has 0 N–H and O–H groups in total. The predicted octanol–water partition coefficient (Wildman–Crippen LogP) is 3.16. The summed E-state index contributed by atoms with van der Waals surface area (Å²) < 4.78 is 6.59. The number of carbonyl (C=O) groups excluding carboxylic acids is 1. The third-order valence-corrected chi connectivity index (χ3v) is 7.42. The maximum Gasteiger partial charge on any atom is 0.170 e. The summed E-state index contributed by atoms with van der Waals surface area (Å²) in [5.74, 6) is 3.81. The Morgan fingerprint density at radius 3 is 2.19 bits per heavy atom. The topological polar surface area (TPSA) is 61.8 Å². The van der Waals surface area contributed by atoms with Gasteiger partial charge in [0, 0.05) is 58.2 Å². The van der Waals surface area contributed by atoms with Crippen molar-refractivity contribution >= 4 is 17.4 Å². The Balaban J connectivity index is 1.33. The summed E-state index contributed by atoms with van der Waals surface area (Å²) >= 11 is 0. The minimum Gasteiger partial charge on any atom is -0.486 e. The monoisotopic (exact) mass is 435 g/mol. The van der Waals surface area contributed by atoms with Gasteiger partial charge < -0.3 is 19.4 Å². The van der Waals surface area contributed by atoms with E-state index >= 15 is 0 Å². The van der Waals surface area contributed by atoms with Crippen LogP contribution in [0.3, 0.4) is 0 Å². The SMILES string of the molecule is Cc1nc(N2CCN(C)CC2)cc(N2CCC3(CC2)CC(=O)c2ccc(C)c(C)c2O3)n1. The van der Waals surface area contributed by atoms with Crippen LogP contribution in [0.15, 0.2) is 18.2 Å². The molecule has 1 aromatic carbocycles. The smallest absolute Gasteiger partial charge is 0.170 e. The molecule has 0 unspecified atom stereocenters. The van der Waals surface area contributed by atoms with Crippen molar-refractivity contribution in [1.82, 2.24) is 14.9 Å². The number of rotatable bonds is 2. The number of piperidine rings is 1. The van der Waals surface area contributed by atoms with E-state index in [4.69, 9.17) is 14.7 Å². The molecule has 0 amide bonds. The van der Waals surface area contributed by atoms with Gasteiger partial charge in [-0.3, -0.25) is 4.79 Å². The van der Waals surface area contributed by atoms with Crippen LogP contribution in [0.5, 0.6) is 5.75 Å². The van der Waals surface area contributed by atoms with E-state index < -0.39 is 5.60 Å². The largest absolute Gasteiger partial charge is 0.486 e. The molecule has 7 nitrogen and oxygen atoms in total. The number of ketones is 1. The Morgan fingerprint density at radius 2 is 1.53 bits per heavy atom. The Kier molecular flexibility index (Phi) is 5.32. The maximum atomic E-state index is 12.9. The Labute approximate surface area is 190 Å². The molecule has 2 aromatic rings. The fraction of sp³-hybridized carbons (Fsp3) is 0.560. The van der Waals surface area contributed by atoms with Crippen molar-refractivity contribution in [3.63, 3.8) is 0 Å². The number of benzene rings is 1. The molecule has 7 heteroatoms. The molecule has 0 aliphatic carbocycles. The molecule has 32 heavy (non-hydrogen) atoms. The van der Waals surface area contributed by atoms with E-state index in [1.807, 2.05) is 19.1 Å². The highest BCUT2D eigenvalue weighted by Gasteiger charge is 2.43. The number of fused-ring (bicyclic) bond motifs is 1. The number of nitrogens with zero attached hydrogens (tertiary/aromatic N) is 5. The summed E-state index contributed by atoms with van der Waals surface area (Å²) in [5.41, 5.74) is 2.59. The maximum absolute atomic E-state index is 12.9. The number of aryl methyl sites for hydroxylation is 2. The molecule has 1 spiro atoms. The van der Waals surface area contributed by atoms with Gasteiger partial charge in [-0.15, -0.1) is 0 Å². The Hall–Kier alpha value is -2.67. The summed E-state index contributed by atoms with van der Waals surface area (Å²) in [6.45, 7) is 11.8. The van der Waals surface area contributed by atoms with Crippen molar-refractivity contribution in [2.24, 2.45) is 0 Å². The molecule has 1 aromatic heterocycles. The molecule has 0 radical (unpaired) electrons. The number of Topliss-reactive ketones (excluding diaryl/α,β-unsaturated/α-hetero) is 1. The Morgan fingerprint density at radius 1 is 0.906 bits per heavy atom. The van der Waals surface area contributed by atoms with Crippen LogP contribution in [0.1, 0.15) is 46.6 Å². The normalized spacial score (nSPS) is 20.9. The van der Waals surface area contributed by atoms with Gasteiger partial charge in [0.25, 0.3) is 0 Å². The van der Waals surface area contributed by atoms with Crippen LogP contribution in [0, 0.1) is 20.8 Å². The number of aromatic nitrogens is 2. The number of carbonyl (C=O) groups is 1. The lowest BCUT2D eigenvalue weighted by Crippen LogP contribution is -2.51. The van der Waals surface area contributed by atoms with Crippen LogP contribution >= 0.6 is 0 Å². The Bertz CT molecular complexity index is 1040. The zero-order chi connectivity index (χ0) is 22.5. The van der Waals surface area contributed by atoms with Crippen LogP contribution in [0.2, 0.25) is 0 Å². The van der Waals surface area contributed by atoms with Crippen LogP contribution in [0.25, 0.3) is 0 Å². The first-order chi connectivity index (χ1) is 15.3. The van der Waals surface area contributed by atoms with Crippen molar-refractivity contribution in [1.29, 1.82) is 0 Å². The minimum absolute atomic E-state index is 0.207. The molecular formula is C25H33N5O2. The molecule has 3 aliphatic rings. The van der Waals surface area contributed by atoms with Crippen molar-refractivity contribution in [2.75, 3.05) is 56.1 Å². The average molecular weight is 436 g/mol. The van der Waals surface area contributed by atoms with Crippen molar-refractivity contribution in [3.8, 4) is 5.75 Å². The summed E-state index contributed by atoms with van der Waals surface area (Å²) in [6.07, 6.45) is 2.10. The molecule has 5 rings (SSSR count). The first kappa shape index (κ1) is 21.2. The zero-order valence-electron chi connectivity index (χ0n) is 19.6. The zero-order valence-corrected chi connectivity index (χ0v) is 19.6. The fourth-order valence-corrected chi connectivity index (χ4v) is 5.10. The molecule has 0 saturated carbocycles. The molecule has 0 atom stereocenters. The average Bonchev–Trinajstić information content (AvgIpc) is 2.77. The van der Waals surface area contributed by atoms with Gasteiger partial charge >= 0.3 is 0 Å². The van der Waals surface area contributed by atoms with Crippen molar-refractivity contribution in [3.05, 3.63) is 40.7 Å². The van der Waals surface area contributed by atoms with Gasteiger partial charge in [-0.2, -0.15) is 0 Å². The number of hydrogen-bond donors (Lipinski definition) is 0. The van der Waals surface area contributed by atoms with Crippen LogP contribution in [-0.2, 0) is 0 Å². The summed E-state index contributed by atoms with van der Waals surface area (Å²) in [5, 5.41) is 0. The minimum atomic E-state index is -0.401. The lowest BCUT2D eigenvalue weighted by atomic mass is 9.81. The van der Waals surface area contributed by atoms with Gasteiger partial charge in [-0.05, 0) is 45.0 Å². The summed E-state index contributed by atoms with van der Waals surface area (Å²) in [4.78, 5) is 29.4. The third kappa shape index (κ3) is 3.83. The fourth-order valence-electron chi connectivity index (χ4n) is 5.10. The predicted molar refractivity (Wildman–Crippen MR) is 126 cm³/mol. The molecule has 0 bridgehead atoms. The second-order valence-electron chi connectivity index (χ2n) is 9.68. The first-order valence-electron chi connectivity index (χ1n) is 11.7. The second-order valence-corrected chi connectivity index (χ2v) is 9.68. The van der Waals surface area contributed by atoms with Crippen molar-refractivity contribution < 1.29 is 9.53 Å². The number of piperazine rings is 1. The van der Waals surface area contributed by atoms with E-state index in [-0.39, 0.29) is 5.78 Å².